The van der Waals surface area contributed by atoms with Crippen molar-refractivity contribution in [3.63, 3.8) is 0 Å². The van der Waals surface area contributed by atoms with Crippen LogP contribution in [0, 0.1) is 11.8 Å². The topological polar surface area (TPSA) is 63.6 Å². The molecule has 0 amide bonds. The number of ether oxygens (including phenoxy) is 1. The summed E-state index contributed by atoms with van der Waals surface area (Å²) in [4.78, 5) is 22.8. The van der Waals surface area contributed by atoms with Gasteiger partial charge in [-0.1, -0.05) is 19.1 Å². The minimum atomic E-state index is -1.000. The molecule has 0 saturated carbocycles. The van der Waals surface area contributed by atoms with E-state index in [1.54, 1.807) is 0 Å². The lowest BCUT2D eigenvalue weighted by molar-refractivity contribution is -0.140. The van der Waals surface area contributed by atoms with E-state index in [0.717, 1.165) is 6.42 Å². The molecule has 0 aromatic rings. The van der Waals surface area contributed by atoms with E-state index in [1.165, 1.54) is 0 Å². The number of aliphatic carboxylic acids is 1. The van der Waals surface area contributed by atoms with Gasteiger partial charge in [0.2, 0.25) is 0 Å². The highest BCUT2D eigenvalue weighted by atomic mass is 16.5. The normalized spacial score (nSPS) is 26.3. The maximum Gasteiger partial charge on any atom is 0.335 e. The van der Waals surface area contributed by atoms with Crippen LogP contribution in [-0.2, 0) is 14.3 Å². The second kappa shape index (κ2) is 4.12. The molecule has 2 atom stereocenters. The summed E-state index contributed by atoms with van der Waals surface area (Å²) in [5.41, 5.74) is 0.585. The van der Waals surface area contributed by atoms with Crippen molar-refractivity contribution in [2.24, 2.45) is 11.8 Å². The minimum Gasteiger partial charge on any atom is -0.478 e. The highest BCUT2D eigenvalue weighted by molar-refractivity contribution is 6.02. The van der Waals surface area contributed by atoms with Crippen LogP contribution in [-0.4, -0.2) is 23.7 Å². The largest absolute Gasteiger partial charge is 0.478 e. The zero-order valence-corrected chi connectivity index (χ0v) is 9.10. The summed E-state index contributed by atoms with van der Waals surface area (Å²) in [7, 11) is 0. The van der Waals surface area contributed by atoms with Crippen LogP contribution in [0.1, 0.15) is 19.8 Å². The molecule has 0 radical (unpaired) electrons. The highest BCUT2D eigenvalue weighted by Gasteiger charge is 2.42. The molecule has 0 saturated heterocycles. The predicted molar refractivity (Wildman–Crippen MR) is 56.6 cm³/mol. The second-order valence-corrected chi connectivity index (χ2v) is 4.10. The lowest BCUT2D eigenvalue weighted by atomic mass is 9.97. The van der Waals surface area contributed by atoms with Crippen LogP contribution >= 0.6 is 0 Å². The van der Waals surface area contributed by atoms with E-state index in [4.69, 9.17) is 9.84 Å². The molecule has 1 N–H and O–H groups in total. The summed E-state index contributed by atoms with van der Waals surface area (Å²) in [5.74, 6) is -1.62. The van der Waals surface area contributed by atoms with Crippen molar-refractivity contribution in [1.29, 1.82) is 0 Å². The molecule has 2 aliphatic rings. The summed E-state index contributed by atoms with van der Waals surface area (Å²) in [6.45, 7) is 2.25. The molecule has 4 heteroatoms. The first-order valence-electron chi connectivity index (χ1n) is 5.48. The fourth-order valence-corrected chi connectivity index (χ4v) is 2.33. The molecule has 2 aliphatic carbocycles. The van der Waals surface area contributed by atoms with Gasteiger partial charge in [-0.3, -0.25) is 0 Å². The quantitative estimate of drug-likeness (QED) is 0.578. The van der Waals surface area contributed by atoms with Gasteiger partial charge in [0, 0.05) is 11.8 Å². The van der Waals surface area contributed by atoms with Crippen molar-refractivity contribution in [2.45, 2.75) is 19.8 Å². The Morgan fingerprint density at radius 1 is 1.38 bits per heavy atom. The molecule has 16 heavy (non-hydrogen) atoms. The Morgan fingerprint density at radius 2 is 2.00 bits per heavy atom. The number of hydrogen-bond donors (Lipinski definition) is 1. The van der Waals surface area contributed by atoms with Crippen molar-refractivity contribution >= 4 is 11.9 Å². The van der Waals surface area contributed by atoms with Crippen molar-refractivity contribution < 1.29 is 19.4 Å². The number of allylic oxidation sites excluding steroid dienone is 2. The first-order chi connectivity index (χ1) is 7.65. The molecular formula is C12H14O4. The second-order valence-electron chi connectivity index (χ2n) is 4.10. The van der Waals surface area contributed by atoms with Crippen LogP contribution in [0.5, 0.6) is 0 Å². The number of carboxylic acids is 1. The van der Waals surface area contributed by atoms with E-state index in [1.807, 2.05) is 19.1 Å². The number of hydrogen-bond acceptors (Lipinski definition) is 3. The summed E-state index contributed by atoms with van der Waals surface area (Å²) >= 11 is 0. The number of carbonyl (C=O) groups is 2. The van der Waals surface area contributed by atoms with Gasteiger partial charge in [0.25, 0.3) is 0 Å². The van der Waals surface area contributed by atoms with Gasteiger partial charge in [0.15, 0.2) is 0 Å². The molecular weight excluding hydrogens is 208 g/mol. The Hall–Kier alpha value is -1.58. The van der Waals surface area contributed by atoms with Crippen LogP contribution in [0.4, 0.5) is 0 Å². The van der Waals surface area contributed by atoms with Gasteiger partial charge in [0.1, 0.15) is 0 Å². The molecule has 0 spiro atoms. The summed E-state index contributed by atoms with van der Waals surface area (Å²) in [5, 5.41) is 9.08. The van der Waals surface area contributed by atoms with Crippen LogP contribution in [0.15, 0.2) is 23.3 Å². The third-order valence-electron chi connectivity index (χ3n) is 3.00. The van der Waals surface area contributed by atoms with Gasteiger partial charge < -0.3 is 9.84 Å². The monoisotopic (exact) mass is 222 g/mol. The highest BCUT2D eigenvalue weighted by Crippen LogP contribution is 2.44. The number of carboxylic acid groups (broad SMARTS) is 1. The molecule has 0 heterocycles. The van der Waals surface area contributed by atoms with Crippen molar-refractivity contribution in [3.8, 4) is 0 Å². The summed E-state index contributed by atoms with van der Waals surface area (Å²) in [6, 6.07) is 0. The van der Waals surface area contributed by atoms with Crippen molar-refractivity contribution in [3.05, 3.63) is 23.3 Å². The van der Waals surface area contributed by atoms with Gasteiger partial charge in [-0.05, 0) is 12.8 Å². The maximum atomic E-state index is 11.7. The number of carbonyl (C=O) groups excluding carboxylic acids is 1. The van der Waals surface area contributed by atoms with Crippen LogP contribution < -0.4 is 0 Å². The first-order valence-corrected chi connectivity index (χ1v) is 5.48. The van der Waals surface area contributed by atoms with E-state index in [2.05, 4.69) is 0 Å². The zero-order chi connectivity index (χ0) is 11.7. The number of esters is 1. The van der Waals surface area contributed by atoms with Crippen LogP contribution in [0.3, 0.4) is 0 Å². The molecule has 0 aliphatic heterocycles. The number of rotatable bonds is 4. The summed E-state index contributed by atoms with van der Waals surface area (Å²) in [6.07, 6.45) is 5.22. The third-order valence-corrected chi connectivity index (χ3v) is 3.00. The minimum absolute atomic E-state index is 0.0551. The fraction of sp³-hybridized carbons (Fsp3) is 0.500. The van der Waals surface area contributed by atoms with Gasteiger partial charge in [-0.25, -0.2) is 9.59 Å². The molecule has 2 bridgehead atoms. The summed E-state index contributed by atoms with van der Waals surface area (Å²) < 4.78 is 5.01. The van der Waals surface area contributed by atoms with E-state index in [0.29, 0.717) is 18.6 Å². The molecule has 86 valence electrons. The standard InChI is InChI=1S/C12H14O4/c1-2-5-16-12(15)10-8-4-3-7(6-8)9(10)11(13)14/h3-4,7-8H,2,5-6H2,1H3,(H,13,14). The van der Waals surface area contributed by atoms with E-state index < -0.39 is 11.9 Å². The van der Waals surface area contributed by atoms with Crippen LogP contribution in [0.25, 0.3) is 0 Å². The predicted octanol–water partition coefficient (Wildman–Crippen LogP) is 1.53. The van der Waals surface area contributed by atoms with Crippen molar-refractivity contribution in [1.82, 2.24) is 0 Å². The lowest BCUT2D eigenvalue weighted by Gasteiger charge is -2.12. The Bertz CT molecular complexity index is 392. The SMILES string of the molecule is CCCOC(=O)C1=C(C(=O)O)C2C=CC1C2. The molecule has 0 aromatic heterocycles. The average Bonchev–Trinajstić information content (AvgIpc) is 2.84. The van der Waals surface area contributed by atoms with Gasteiger partial charge >= 0.3 is 11.9 Å². The fourth-order valence-electron chi connectivity index (χ4n) is 2.33. The Kier molecular flexibility index (Phi) is 2.81. The molecule has 4 nitrogen and oxygen atoms in total. The lowest BCUT2D eigenvalue weighted by Crippen LogP contribution is -2.17. The first kappa shape index (κ1) is 10.9. The third kappa shape index (κ3) is 1.64. The number of fused-ring (bicyclic) bond motifs is 2. The Labute approximate surface area is 93.6 Å². The van der Waals surface area contributed by atoms with E-state index >= 15 is 0 Å². The van der Waals surface area contributed by atoms with Gasteiger partial charge in [0.05, 0.1) is 17.8 Å². The van der Waals surface area contributed by atoms with Gasteiger partial charge in [-0.2, -0.15) is 0 Å². The molecule has 2 rings (SSSR count). The molecule has 0 aromatic carbocycles. The molecule has 2 unspecified atom stereocenters. The van der Waals surface area contributed by atoms with Gasteiger partial charge in [-0.15, -0.1) is 0 Å². The zero-order valence-electron chi connectivity index (χ0n) is 9.10. The Balaban J connectivity index is 2.23. The Morgan fingerprint density at radius 3 is 2.56 bits per heavy atom. The van der Waals surface area contributed by atoms with E-state index in [9.17, 15) is 9.59 Å². The maximum absolute atomic E-state index is 11.7. The van der Waals surface area contributed by atoms with Crippen molar-refractivity contribution in [2.75, 3.05) is 6.61 Å². The average molecular weight is 222 g/mol. The van der Waals surface area contributed by atoms with E-state index in [-0.39, 0.29) is 17.4 Å². The van der Waals surface area contributed by atoms with Crippen LogP contribution in [0.2, 0.25) is 0 Å². The molecule has 0 fully saturated rings. The smallest absolute Gasteiger partial charge is 0.335 e.